The van der Waals surface area contributed by atoms with Crippen LogP contribution in [0.2, 0.25) is 0 Å². The Labute approximate surface area is 158 Å². The molecule has 0 N–H and O–H groups in total. The maximum absolute atomic E-state index is 13.0. The van der Waals surface area contributed by atoms with Gasteiger partial charge in [-0.3, -0.25) is 9.59 Å². The molecular weight excluding hydrogens is 344 g/mol. The zero-order valence-corrected chi connectivity index (χ0v) is 15.6. The fourth-order valence-corrected chi connectivity index (χ4v) is 3.68. The molecule has 0 bridgehead atoms. The summed E-state index contributed by atoms with van der Waals surface area (Å²) in [5, 5.41) is 0. The zero-order chi connectivity index (χ0) is 19.0. The highest BCUT2D eigenvalue weighted by atomic mass is 16.5. The molecule has 6 heteroatoms. The first-order chi connectivity index (χ1) is 13.1. The van der Waals surface area contributed by atoms with E-state index < -0.39 is 6.10 Å². The molecule has 2 heterocycles. The molecule has 1 aromatic carbocycles. The fourth-order valence-electron chi connectivity index (χ4n) is 3.68. The molecule has 0 spiro atoms. The van der Waals surface area contributed by atoms with E-state index >= 15 is 0 Å². The molecule has 1 aliphatic carbocycles. The lowest BCUT2D eigenvalue weighted by molar-refractivity contribution is -0.134. The van der Waals surface area contributed by atoms with Gasteiger partial charge in [0, 0.05) is 19.0 Å². The molecule has 1 saturated carbocycles. The van der Waals surface area contributed by atoms with Crippen LogP contribution in [-0.2, 0) is 9.59 Å². The highest BCUT2D eigenvalue weighted by Gasteiger charge is 2.38. The third-order valence-corrected chi connectivity index (χ3v) is 5.22. The first-order valence-corrected chi connectivity index (χ1v) is 9.48. The highest BCUT2D eigenvalue weighted by molar-refractivity contribution is 6.00. The lowest BCUT2D eigenvalue weighted by Gasteiger charge is -2.34. The van der Waals surface area contributed by atoms with Gasteiger partial charge in [0.1, 0.15) is 11.5 Å². The van der Waals surface area contributed by atoms with Gasteiger partial charge in [0.05, 0.1) is 18.0 Å². The predicted octanol–water partition coefficient (Wildman–Crippen LogP) is 3.54. The molecule has 0 saturated heterocycles. The summed E-state index contributed by atoms with van der Waals surface area (Å²) in [4.78, 5) is 29.2. The predicted molar refractivity (Wildman–Crippen MR) is 100 cm³/mol. The minimum absolute atomic E-state index is 0.0471. The molecule has 1 aliphatic heterocycles. The normalized spacial score (nSPS) is 20.0. The zero-order valence-electron chi connectivity index (χ0n) is 15.6. The van der Waals surface area contributed by atoms with Crippen LogP contribution >= 0.6 is 0 Å². The maximum Gasteiger partial charge on any atom is 0.267 e. The molecule has 142 valence electrons. The smallest absolute Gasteiger partial charge is 0.267 e. The van der Waals surface area contributed by atoms with Gasteiger partial charge in [-0.15, -0.1) is 0 Å². The van der Waals surface area contributed by atoms with E-state index in [1.807, 2.05) is 48.2 Å². The number of carbonyl (C=O) groups excluding carboxylic acids is 2. The van der Waals surface area contributed by atoms with Gasteiger partial charge in [-0.05, 0) is 51.0 Å². The largest absolute Gasteiger partial charge is 0.479 e. The van der Waals surface area contributed by atoms with Crippen molar-refractivity contribution in [3.05, 3.63) is 48.4 Å². The number of rotatable bonds is 6. The summed E-state index contributed by atoms with van der Waals surface area (Å²) in [6, 6.07) is 11.4. The van der Waals surface area contributed by atoms with Gasteiger partial charge in [0.15, 0.2) is 6.10 Å². The van der Waals surface area contributed by atoms with Crippen LogP contribution in [0.1, 0.15) is 44.9 Å². The Morgan fingerprint density at radius 1 is 1.26 bits per heavy atom. The van der Waals surface area contributed by atoms with Crippen molar-refractivity contribution >= 4 is 17.5 Å². The van der Waals surface area contributed by atoms with Gasteiger partial charge >= 0.3 is 0 Å². The Morgan fingerprint density at radius 2 is 2.04 bits per heavy atom. The van der Waals surface area contributed by atoms with E-state index in [-0.39, 0.29) is 30.3 Å². The molecular formula is C21H24N2O4. The van der Waals surface area contributed by atoms with E-state index in [1.54, 1.807) is 18.1 Å². The Hall–Kier alpha value is -2.76. The summed E-state index contributed by atoms with van der Waals surface area (Å²) in [6.07, 6.45) is 3.40. The Bertz CT molecular complexity index is 828. The van der Waals surface area contributed by atoms with E-state index in [0.717, 1.165) is 24.3 Å². The molecule has 2 aliphatic rings. The molecule has 27 heavy (non-hydrogen) atoms. The molecule has 4 rings (SSSR count). The number of furan rings is 1. The molecule has 6 nitrogen and oxygen atoms in total. The number of hydrogen-bond donors (Lipinski definition) is 0. The number of anilines is 1. The number of ether oxygens (including phenoxy) is 1. The number of amides is 2. The van der Waals surface area contributed by atoms with Crippen molar-refractivity contribution in [1.82, 2.24) is 4.90 Å². The van der Waals surface area contributed by atoms with E-state index in [4.69, 9.17) is 9.15 Å². The van der Waals surface area contributed by atoms with Crippen molar-refractivity contribution in [2.24, 2.45) is 0 Å². The molecule has 2 amide bonds. The number of benzene rings is 1. The molecule has 2 atom stereocenters. The van der Waals surface area contributed by atoms with E-state index in [1.165, 1.54) is 0 Å². The summed E-state index contributed by atoms with van der Waals surface area (Å²) < 4.78 is 11.2. The van der Waals surface area contributed by atoms with E-state index in [2.05, 4.69) is 0 Å². The van der Waals surface area contributed by atoms with Crippen LogP contribution in [0, 0.1) is 0 Å². The van der Waals surface area contributed by atoms with Gasteiger partial charge < -0.3 is 19.0 Å². The van der Waals surface area contributed by atoms with Gasteiger partial charge in [0.25, 0.3) is 5.91 Å². The van der Waals surface area contributed by atoms with Crippen LogP contribution in [0.4, 0.5) is 5.69 Å². The summed E-state index contributed by atoms with van der Waals surface area (Å²) in [7, 11) is 0. The average molecular weight is 368 g/mol. The van der Waals surface area contributed by atoms with Crippen molar-refractivity contribution in [2.45, 2.75) is 51.3 Å². The summed E-state index contributed by atoms with van der Waals surface area (Å²) in [5.41, 5.74) is 0.727. The van der Waals surface area contributed by atoms with Crippen molar-refractivity contribution < 1.29 is 18.7 Å². The monoisotopic (exact) mass is 368 g/mol. The minimum Gasteiger partial charge on any atom is -0.479 e. The second kappa shape index (κ2) is 7.10. The topological polar surface area (TPSA) is 63.0 Å². The molecule has 2 aromatic rings. The second-order valence-electron chi connectivity index (χ2n) is 7.19. The number of para-hydroxylation sites is 2. The van der Waals surface area contributed by atoms with Crippen LogP contribution in [0.5, 0.6) is 5.75 Å². The lowest BCUT2D eigenvalue weighted by atomic mass is 10.1. The van der Waals surface area contributed by atoms with Gasteiger partial charge in [-0.1, -0.05) is 12.1 Å². The third kappa shape index (κ3) is 3.44. The first-order valence-electron chi connectivity index (χ1n) is 9.48. The van der Waals surface area contributed by atoms with Crippen LogP contribution in [0.15, 0.2) is 47.1 Å². The van der Waals surface area contributed by atoms with Crippen LogP contribution in [-0.4, -0.2) is 35.4 Å². The molecule has 2 unspecified atom stereocenters. The standard InChI is InChI=1S/C21H24N2O4/c1-14(18-8-5-13-26-18)23(16-9-10-16)20(24)11-12-22-17-6-3-4-7-19(17)27-15(2)21(22)25/h3-8,13-16H,9-12H2,1-2H3. The van der Waals surface area contributed by atoms with Crippen LogP contribution in [0.3, 0.4) is 0 Å². The van der Waals surface area contributed by atoms with Crippen LogP contribution < -0.4 is 9.64 Å². The molecule has 1 aromatic heterocycles. The quantitative estimate of drug-likeness (QED) is 0.782. The summed E-state index contributed by atoms with van der Waals surface area (Å²) in [5.74, 6) is 1.40. The lowest BCUT2D eigenvalue weighted by Crippen LogP contribution is -2.46. The van der Waals surface area contributed by atoms with Crippen molar-refractivity contribution in [3.63, 3.8) is 0 Å². The second-order valence-corrected chi connectivity index (χ2v) is 7.19. The number of hydrogen-bond acceptors (Lipinski definition) is 4. The number of nitrogens with zero attached hydrogens (tertiary/aromatic N) is 2. The fraction of sp³-hybridized carbons (Fsp3) is 0.429. The molecule has 0 radical (unpaired) electrons. The number of fused-ring (bicyclic) bond motifs is 1. The van der Waals surface area contributed by atoms with Gasteiger partial charge in [-0.2, -0.15) is 0 Å². The first kappa shape index (κ1) is 17.6. The minimum atomic E-state index is -0.545. The van der Waals surface area contributed by atoms with Crippen molar-refractivity contribution in [3.8, 4) is 5.75 Å². The average Bonchev–Trinajstić information content (AvgIpc) is 3.33. The number of carbonyl (C=O) groups is 2. The highest BCUT2D eigenvalue weighted by Crippen LogP contribution is 2.36. The van der Waals surface area contributed by atoms with E-state index in [0.29, 0.717) is 12.3 Å². The summed E-state index contributed by atoms with van der Waals surface area (Å²) >= 11 is 0. The van der Waals surface area contributed by atoms with Crippen molar-refractivity contribution in [2.75, 3.05) is 11.4 Å². The van der Waals surface area contributed by atoms with Gasteiger partial charge in [0.2, 0.25) is 5.91 Å². The van der Waals surface area contributed by atoms with Crippen molar-refractivity contribution in [1.29, 1.82) is 0 Å². The Kier molecular flexibility index (Phi) is 4.64. The Balaban J connectivity index is 1.49. The van der Waals surface area contributed by atoms with Crippen LogP contribution in [0.25, 0.3) is 0 Å². The molecule has 1 fully saturated rings. The Morgan fingerprint density at radius 3 is 2.74 bits per heavy atom. The summed E-state index contributed by atoms with van der Waals surface area (Å²) in [6.45, 7) is 4.07. The maximum atomic E-state index is 13.0. The SMILES string of the molecule is CC1Oc2ccccc2N(CCC(=O)N(C2CC2)C(C)c2ccco2)C1=O. The van der Waals surface area contributed by atoms with Gasteiger partial charge in [-0.25, -0.2) is 0 Å². The third-order valence-electron chi connectivity index (χ3n) is 5.22. The van der Waals surface area contributed by atoms with E-state index in [9.17, 15) is 9.59 Å².